The minimum atomic E-state index is -0.277. The quantitative estimate of drug-likeness (QED) is 0.843. The van der Waals surface area contributed by atoms with Crippen LogP contribution in [0.2, 0.25) is 5.15 Å². The van der Waals surface area contributed by atoms with Gasteiger partial charge in [0.2, 0.25) is 0 Å². The molecule has 0 atom stereocenters. The number of nitrogens with zero attached hydrogens (tertiary/aromatic N) is 3. The average molecular weight is 252 g/mol. The van der Waals surface area contributed by atoms with E-state index in [2.05, 4.69) is 25.5 Å². The first-order chi connectivity index (χ1) is 8.25. The van der Waals surface area contributed by atoms with Crippen LogP contribution in [-0.4, -0.2) is 32.6 Å². The molecule has 0 aliphatic carbocycles. The summed E-state index contributed by atoms with van der Waals surface area (Å²) in [5.41, 5.74) is 0.244. The van der Waals surface area contributed by atoms with Crippen LogP contribution in [0.25, 0.3) is 0 Å². The molecule has 2 heterocycles. The first-order valence-corrected chi connectivity index (χ1v) is 5.39. The zero-order valence-electron chi connectivity index (χ0n) is 8.85. The number of H-pyrrole nitrogens is 1. The topological polar surface area (TPSA) is 83.6 Å². The van der Waals surface area contributed by atoms with E-state index >= 15 is 0 Å². The molecule has 88 valence electrons. The van der Waals surface area contributed by atoms with Crippen LogP contribution in [0.1, 0.15) is 16.3 Å². The minimum Gasteiger partial charge on any atom is -0.350 e. The lowest BCUT2D eigenvalue weighted by molar-refractivity contribution is 0.0948. The number of imidazole rings is 1. The molecule has 2 aromatic heterocycles. The summed E-state index contributed by atoms with van der Waals surface area (Å²) in [5, 5.41) is 10.2. The van der Waals surface area contributed by atoms with E-state index in [0.29, 0.717) is 13.0 Å². The molecule has 0 saturated carbocycles. The summed E-state index contributed by atoms with van der Waals surface area (Å²) < 4.78 is 0. The molecule has 0 spiro atoms. The van der Waals surface area contributed by atoms with Gasteiger partial charge in [0.15, 0.2) is 10.8 Å². The first kappa shape index (κ1) is 11.5. The normalized spacial score (nSPS) is 10.2. The van der Waals surface area contributed by atoms with Gasteiger partial charge in [0.25, 0.3) is 5.91 Å². The van der Waals surface area contributed by atoms with Crippen molar-refractivity contribution in [3.8, 4) is 0 Å². The molecule has 6 nitrogen and oxygen atoms in total. The van der Waals surface area contributed by atoms with E-state index in [1.165, 1.54) is 12.1 Å². The average Bonchev–Trinajstić information content (AvgIpc) is 2.83. The summed E-state index contributed by atoms with van der Waals surface area (Å²) in [4.78, 5) is 18.6. The molecular weight excluding hydrogens is 242 g/mol. The minimum absolute atomic E-state index is 0.244. The van der Waals surface area contributed by atoms with Gasteiger partial charge >= 0.3 is 0 Å². The third kappa shape index (κ3) is 3.25. The summed E-state index contributed by atoms with van der Waals surface area (Å²) in [6.07, 6.45) is 4.05. The third-order valence-corrected chi connectivity index (χ3v) is 2.27. The molecule has 17 heavy (non-hydrogen) atoms. The molecule has 0 radical (unpaired) electrons. The zero-order valence-corrected chi connectivity index (χ0v) is 9.61. The molecule has 2 rings (SSSR count). The van der Waals surface area contributed by atoms with Gasteiger partial charge < -0.3 is 10.3 Å². The van der Waals surface area contributed by atoms with Crippen molar-refractivity contribution in [2.24, 2.45) is 0 Å². The highest BCUT2D eigenvalue weighted by Crippen LogP contribution is 2.01. The van der Waals surface area contributed by atoms with Gasteiger partial charge in [-0.15, -0.1) is 10.2 Å². The number of aromatic nitrogens is 4. The largest absolute Gasteiger partial charge is 0.350 e. The Morgan fingerprint density at radius 1 is 1.41 bits per heavy atom. The SMILES string of the molecule is O=C(NCCc1ncc[nH]1)c1ccc(Cl)nn1. The van der Waals surface area contributed by atoms with Crippen LogP contribution in [0.4, 0.5) is 0 Å². The third-order valence-electron chi connectivity index (χ3n) is 2.07. The summed E-state index contributed by atoms with van der Waals surface area (Å²) >= 11 is 5.57. The molecule has 0 aromatic carbocycles. The molecule has 0 unspecified atom stereocenters. The Labute approximate surface area is 102 Å². The molecule has 1 amide bonds. The van der Waals surface area contributed by atoms with E-state index in [1.54, 1.807) is 12.4 Å². The second-order valence-corrected chi connectivity index (χ2v) is 3.67. The summed E-state index contributed by atoms with van der Waals surface area (Å²) in [6.45, 7) is 0.483. The maximum absolute atomic E-state index is 11.6. The highest BCUT2D eigenvalue weighted by Gasteiger charge is 2.07. The van der Waals surface area contributed by atoms with Crippen molar-refractivity contribution in [1.82, 2.24) is 25.5 Å². The number of aromatic amines is 1. The second-order valence-electron chi connectivity index (χ2n) is 3.28. The fourth-order valence-corrected chi connectivity index (χ4v) is 1.36. The maximum Gasteiger partial charge on any atom is 0.271 e. The highest BCUT2D eigenvalue weighted by atomic mass is 35.5. The molecule has 7 heteroatoms. The van der Waals surface area contributed by atoms with Crippen molar-refractivity contribution >= 4 is 17.5 Å². The van der Waals surface area contributed by atoms with Crippen LogP contribution >= 0.6 is 11.6 Å². The smallest absolute Gasteiger partial charge is 0.271 e. The van der Waals surface area contributed by atoms with Gasteiger partial charge in [-0.1, -0.05) is 11.6 Å². The van der Waals surface area contributed by atoms with Gasteiger partial charge in [0.05, 0.1) is 0 Å². The van der Waals surface area contributed by atoms with E-state index in [9.17, 15) is 4.79 Å². The van der Waals surface area contributed by atoms with E-state index < -0.39 is 0 Å². The van der Waals surface area contributed by atoms with Crippen LogP contribution < -0.4 is 5.32 Å². The fraction of sp³-hybridized carbons (Fsp3) is 0.200. The number of rotatable bonds is 4. The van der Waals surface area contributed by atoms with Gasteiger partial charge in [-0.25, -0.2) is 4.98 Å². The number of hydrogen-bond donors (Lipinski definition) is 2. The standard InChI is InChI=1S/C10H10ClN5O/c11-8-2-1-7(15-16-8)10(17)14-4-3-9-12-5-6-13-9/h1-2,5-6H,3-4H2,(H,12,13)(H,14,17). The van der Waals surface area contributed by atoms with Crippen molar-refractivity contribution in [2.45, 2.75) is 6.42 Å². The van der Waals surface area contributed by atoms with Crippen molar-refractivity contribution < 1.29 is 4.79 Å². The Morgan fingerprint density at radius 2 is 2.29 bits per heavy atom. The first-order valence-electron chi connectivity index (χ1n) is 5.01. The van der Waals surface area contributed by atoms with Crippen LogP contribution in [-0.2, 0) is 6.42 Å². The van der Waals surface area contributed by atoms with Gasteiger partial charge in [0, 0.05) is 25.4 Å². The molecule has 0 aliphatic heterocycles. The van der Waals surface area contributed by atoms with Gasteiger partial charge in [-0.05, 0) is 12.1 Å². The molecule has 0 bridgehead atoms. The summed E-state index contributed by atoms with van der Waals surface area (Å²) in [5.74, 6) is 0.549. The number of carbonyl (C=O) groups is 1. The lowest BCUT2D eigenvalue weighted by Gasteiger charge is -2.02. The number of halogens is 1. The Hall–Kier alpha value is -1.95. The van der Waals surface area contributed by atoms with E-state index in [0.717, 1.165) is 5.82 Å². The van der Waals surface area contributed by atoms with Crippen LogP contribution in [0, 0.1) is 0 Å². The zero-order chi connectivity index (χ0) is 12.1. The number of hydrogen-bond acceptors (Lipinski definition) is 4. The molecule has 2 N–H and O–H groups in total. The van der Waals surface area contributed by atoms with E-state index in [-0.39, 0.29) is 16.8 Å². The van der Waals surface area contributed by atoms with Crippen LogP contribution in [0.5, 0.6) is 0 Å². The van der Waals surface area contributed by atoms with Crippen LogP contribution in [0.15, 0.2) is 24.5 Å². The summed E-state index contributed by atoms with van der Waals surface area (Å²) in [7, 11) is 0. The van der Waals surface area contributed by atoms with Gasteiger partial charge in [-0.3, -0.25) is 4.79 Å². The maximum atomic E-state index is 11.6. The van der Waals surface area contributed by atoms with E-state index in [4.69, 9.17) is 11.6 Å². The highest BCUT2D eigenvalue weighted by molar-refractivity contribution is 6.29. The lowest BCUT2D eigenvalue weighted by atomic mass is 10.3. The van der Waals surface area contributed by atoms with Crippen molar-refractivity contribution in [2.75, 3.05) is 6.54 Å². The van der Waals surface area contributed by atoms with Gasteiger partial charge in [0.1, 0.15) is 5.82 Å². The number of amides is 1. The Kier molecular flexibility index (Phi) is 3.66. The Balaban J connectivity index is 1.83. The number of carbonyl (C=O) groups excluding carboxylic acids is 1. The monoisotopic (exact) mass is 251 g/mol. The molecule has 0 aliphatic rings. The van der Waals surface area contributed by atoms with Crippen molar-refractivity contribution in [3.05, 3.63) is 41.2 Å². The molecule has 2 aromatic rings. The predicted octanol–water partition coefficient (Wildman–Crippen LogP) is 0.826. The second kappa shape index (κ2) is 5.40. The molecular formula is C10H10ClN5O. The lowest BCUT2D eigenvalue weighted by Crippen LogP contribution is -2.27. The Bertz CT molecular complexity index is 482. The van der Waals surface area contributed by atoms with E-state index in [1.807, 2.05) is 0 Å². The van der Waals surface area contributed by atoms with Crippen molar-refractivity contribution in [1.29, 1.82) is 0 Å². The summed E-state index contributed by atoms with van der Waals surface area (Å²) in [6, 6.07) is 3.05. The fourth-order valence-electron chi connectivity index (χ4n) is 1.26. The predicted molar refractivity (Wildman–Crippen MR) is 61.7 cm³/mol. The molecule has 0 saturated heterocycles. The Morgan fingerprint density at radius 3 is 2.94 bits per heavy atom. The van der Waals surface area contributed by atoms with Crippen LogP contribution in [0.3, 0.4) is 0 Å². The van der Waals surface area contributed by atoms with Crippen molar-refractivity contribution in [3.63, 3.8) is 0 Å². The molecule has 0 fully saturated rings. The van der Waals surface area contributed by atoms with Gasteiger partial charge in [-0.2, -0.15) is 0 Å². The number of nitrogens with one attached hydrogen (secondary N) is 2.